The largest absolute Gasteiger partial charge is 0.469 e. The predicted octanol–water partition coefficient (Wildman–Crippen LogP) is 2.82. The van der Waals surface area contributed by atoms with E-state index in [2.05, 4.69) is 10.2 Å². The smallest absolute Gasteiger partial charge is 0.319 e. The Hall–Kier alpha value is -1.76. The van der Waals surface area contributed by atoms with E-state index in [-0.39, 0.29) is 11.2 Å². The van der Waals surface area contributed by atoms with Crippen LogP contribution in [0, 0.1) is 6.92 Å². The lowest BCUT2D eigenvalue weighted by Crippen LogP contribution is -2.18. The first kappa shape index (κ1) is 15.6. The average molecular weight is 309 g/mol. The molecule has 0 aliphatic rings. The van der Waals surface area contributed by atoms with Gasteiger partial charge in [0.05, 0.1) is 18.4 Å². The van der Waals surface area contributed by atoms with E-state index in [0.29, 0.717) is 11.8 Å². The Bertz CT molecular complexity index is 621. The topological polar surface area (TPSA) is 70.2 Å². The van der Waals surface area contributed by atoms with E-state index in [1.54, 1.807) is 13.2 Å². The van der Waals surface area contributed by atoms with Crippen LogP contribution in [0.25, 0.3) is 11.4 Å². The summed E-state index contributed by atoms with van der Waals surface area (Å²) in [6, 6.07) is 1.85. The number of thioether (sulfide) groups is 1. The number of furan rings is 1. The molecule has 7 heteroatoms. The Balaban J connectivity index is 2.11. The number of aromatic nitrogens is 3. The molecule has 0 fully saturated rings. The van der Waals surface area contributed by atoms with E-state index in [0.717, 1.165) is 23.6 Å². The minimum absolute atomic E-state index is 0.231. The molecule has 0 aliphatic heterocycles. The minimum atomic E-state index is -0.322. The summed E-state index contributed by atoms with van der Waals surface area (Å²) in [4.78, 5) is 11.8. The second-order valence-electron chi connectivity index (χ2n) is 4.68. The fourth-order valence-corrected chi connectivity index (χ4v) is 2.61. The van der Waals surface area contributed by atoms with Gasteiger partial charge < -0.3 is 13.7 Å². The summed E-state index contributed by atoms with van der Waals surface area (Å²) in [7, 11) is 1.87. The predicted molar refractivity (Wildman–Crippen MR) is 80.0 cm³/mol. The van der Waals surface area contributed by atoms with Gasteiger partial charge in [-0.1, -0.05) is 18.7 Å². The average Bonchev–Trinajstić information content (AvgIpc) is 3.03. The quantitative estimate of drug-likeness (QED) is 0.603. The summed E-state index contributed by atoms with van der Waals surface area (Å²) in [5, 5.41) is 8.67. The second-order valence-corrected chi connectivity index (χ2v) is 5.99. The van der Waals surface area contributed by atoms with Crippen molar-refractivity contribution in [3.8, 4) is 11.4 Å². The van der Waals surface area contributed by atoms with Crippen molar-refractivity contribution in [3.63, 3.8) is 0 Å². The Morgan fingerprint density at radius 2 is 2.29 bits per heavy atom. The number of esters is 1. The van der Waals surface area contributed by atoms with Gasteiger partial charge in [-0.3, -0.25) is 4.79 Å². The molecular formula is C14H19N3O3S. The third-order valence-corrected chi connectivity index (χ3v) is 4.11. The van der Waals surface area contributed by atoms with Gasteiger partial charge in [0, 0.05) is 7.05 Å². The van der Waals surface area contributed by atoms with Crippen LogP contribution in [0.2, 0.25) is 0 Å². The van der Waals surface area contributed by atoms with E-state index in [9.17, 15) is 4.79 Å². The monoisotopic (exact) mass is 309 g/mol. The van der Waals surface area contributed by atoms with Crippen LogP contribution in [0.1, 0.15) is 26.0 Å². The molecule has 6 nitrogen and oxygen atoms in total. The number of aryl methyl sites for hydroxylation is 1. The van der Waals surface area contributed by atoms with Crippen LogP contribution >= 0.6 is 11.8 Å². The van der Waals surface area contributed by atoms with Crippen molar-refractivity contribution in [2.45, 2.75) is 37.6 Å². The van der Waals surface area contributed by atoms with Crippen molar-refractivity contribution in [2.24, 2.45) is 7.05 Å². The van der Waals surface area contributed by atoms with Crippen LogP contribution in [-0.2, 0) is 16.6 Å². The van der Waals surface area contributed by atoms with Gasteiger partial charge in [0.2, 0.25) is 0 Å². The SMILES string of the molecule is CCCOC(=O)C(C)Sc1nnc(-c2ccoc2C)n1C. The Kier molecular flexibility index (Phi) is 5.06. The molecule has 0 aliphatic carbocycles. The zero-order valence-electron chi connectivity index (χ0n) is 12.6. The standard InChI is InChI=1S/C14H19N3O3S/c1-5-7-20-13(18)10(3)21-14-16-15-12(17(14)4)11-6-8-19-9(11)2/h6,8,10H,5,7H2,1-4H3. The number of hydrogen-bond acceptors (Lipinski definition) is 6. The highest BCUT2D eigenvalue weighted by atomic mass is 32.2. The van der Waals surface area contributed by atoms with Gasteiger partial charge in [0.25, 0.3) is 0 Å². The molecule has 2 aromatic rings. The van der Waals surface area contributed by atoms with Gasteiger partial charge >= 0.3 is 5.97 Å². The summed E-state index contributed by atoms with van der Waals surface area (Å²) in [6.45, 7) is 6.09. The van der Waals surface area contributed by atoms with Crippen LogP contribution in [0.3, 0.4) is 0 Å². The highest BCUT2D eigenvalue weighted by Gasteiger charge is 2.21. The van der Waals surface area contributed by atoms with Crippen molar-refractivity contribution < 1.29 is 13.9 Å². The Labute approximate surface area is 127 Å². The van der Waals surface area contributed by atoms with Crippen LogP contribution < -0.4 is 0 Å². The van der Waals surface area contributed by atoms with Crippen molar-refractivity contribution in [1.29, 1.82) is 0 Å². The molecule has 0 spiro atoms. The first-order valence-electron chi connectivity index (χ1n) is 6.81. The van der Waals surface area contributed by atoms with Crippen LogP contribution in [0.5, 0.6) is 0 Å². The maximum Gasteiger partial charge on any atom is 0.319 e. The van der Waals surface area contributed by atoms with Gasteiger partial charge in [0.15, 0.2) is 11.0 Å². The lowest BCUT2D eigenvalue weighted by molar-refractivity contribution is -0.142. The van der Waals surface area contributed by atoms with Gasteiger partial charge in [-0.05, 0) is 26.3 Å². The second kappa shape index (κ2) is 6.80. The molecule has 0 aromatic carbocycles. The maximum absolute atomic E-state index is 11.8. The van der Waals surface area contributed by atoms with E-state index >= 15 is 0 Å². The number of carbonyl (C=O) groups excluding carboxylic acids is 1. The van der Waals surface area contributed by atoms with E-state index in [4.69, 9.17) is 9.15 Å². The van der Waals surface area contributed by atoms with Crippen LogP contribution in [0.4, 0.5) is 0 Å². The summed E-state index contributed by atoms with van der Waals surface area (Å²) in [5.41, 5.74) is 0.901. The van der Waals surface area contributed by atoms with E-state index < -0.39 is 0 Å². The lowest BCUT2D eigenvalue weighted by Gasteiger charge is -2.10. The number of nitrogens with zero attached hydrogens (tertiary/aromatic N) is 3. The number of hydrogen-bond donors (Lipinski definition) is 0. The molecule has 2 heterocycles. The molecule has 114 valence electrons. The fraction of sp³-hybridized carbons (Fsp3) is 0.500. The van der Waals surface area contributed by atoms with Crippen molar-refractivity contribution in [3.05, 3.63) is 18.1 Å². The number of ether oxygens (including phenoxy) is 1. The molecule has 0 N–H and O–H groups in total. The highest BCUT2D eigenvalue weighted by molar-refractivity contribution is 8.00. The Morgan fingerprint density at radius 1 is 1.52 bits per heavy atom. The molecule has 0 saturated carbocycles. The third-order valence-electron chi connectivity index (χ3n) is 3.00. The zero-order valence-corrected chi connectivity index (χ0v) is 13.4. The van der Waals surface area contributed by atoms with Crippen LogP contribution in [-0.4, -0.2) is 32.6 Å². The van der Waals surface area contributed by atoms with Gasteiger partial charge in [-0.15, -0.1) is 10.2 Å². The summed E-state index contributed by atoms with van der Waals surface area (Å²) in [5.74, 6) is 1.28. The van der Waals surface area contributed by atoms with Gasteiger partial charge in [0.1, 0.15) is 11.0 Å². The van der Waals surface area contributed by atoms with Crippen molar-refractivity contribution >= 4 is 17.7 Å². The third kappa shape index (κ3) is 3.47. The van der Waals surface area contributed by atoms with Crippen LogP contribution in [0.15, 0.2) is 21.9 Å². The maximum atomic E-state index is 11.8. The highest BCUT2D eigenvalue weighted by Crippen LogP contribution is 2.28. The molecule has 1 unspecified atom stereocenters. The normalized spacial score (nSPS) is 12.4. The summed E-state index contributed by atoms with van der Waals surface area (Å²) in [6.07, 6.45) is 2.44. The van der Waals surface area contributed by atoms with Gasteiger partial charge in [-0.2, -0.15) is 0 Å². The Morgan fingerprint density at radius 3 is 2.90 bits per heavy atom. The van der Waals surface area contributed by atoms with E-state index in [1.165, 1.54) is 11.8 Å². The fourth-order valence-electron chi connectivity index (χ4n) is 1.80. The molecule has 0 radical (unpaired) electrons. The first-order valence-corrected chi connectivity index (χ1v) is 7.69. The molecule has 1 atom stereocenters. The zero-order chi connectivity index (χ0) is 15.4. The van der Waals surface area contributed by atoms with Crippen molar-refractivity contribution in [1.82, 2.24) is 14.8 Å². The molecule has 0 bridgehead atoms. The lowest BCUT2D eigenvalue weighted by atomic mass is 10.2. The van der Waals surface area contributed by atoms with Gasteiger partial charge in [-0.25, -0.2) is 0 Å². The molecular weight excluding hydrogens is 290 g/mol. The molecule has 2 rings (SSSR count). The van der Waals surface area contributed by atoms with E-state index in [1.807, 2.05) is 31.5 Å². The molecule has 21 heavy (non-hydrogen) atoms. The first-order chi connectivity index (χ1) is 10.0. The number of rotatable bonds is 6. The minimum Gasteiger partial charge on any atom is -0.469 e. The van der Waals surface area contributed by atoms with Crippen molar-refractivity contribution in [2.75, 3.05) is 6.61 Å². The molecule has 0 saturated heterocycles. The molecule has 2 aromatic heterocycles. The molecule has 0 amide bonds. The summed E-state index contributed by atoms with van der Waals surface area (Å²) < 4.78 is 12.3. The number of carbonyl (C=O) groups is 1. The summed E-state index contributed by atoms with van der Waals surface area (Å²) >= 11 is 1.34.